The van der Waals surface area contributed by atoms with E-state index in [0.717, 1.165) is 83.5 Å². The lowest BCUT2D eigenvalue weighted by atomic mass is 10.0. The summed E-state index contributed by atoms with van der Waals surface area (Å²) in [6.45, 7) is 6.54. The summed E-state index contributed by atoms with van der Waals surface area (Å²) in [4.78, 5) is 38.3. The molecule has 0 fully saturated rings. The van der Waals surface area contributed by atoms with Gasteiger partial charge in [0.05, 0.1) is 0 Å². The fraction of sp³-hybridized carbons (Fsp3) is 0.829. The van der Waals surface area contributed by atoms with Crippen LogP contribution in [0, 0.1) is 0 Å². The first kappa shape index (κ1) is 79.1. The molecule has 6 heteroatoms. The molecular weight excluding hydrogens is 1010 g/mol. The molecule has 0 amide bonds. The van der Waals surface area contributed by atoms with Crippen LogP contribution in [0.2, 0.25) is 0 Å². The van der Waals surface area contributed by atoms with Crippen molar-refractivity contribution in [3.05, 3.63) is 60.8 Å². The third kappa shape index (κ3) is 67.9. The van der Waals surface area contributed by atoms with Gasteiger partial charge < -0.3 is 14.2 Å². The van der Waals surface area contributed by atoms with Crippen LogP contribution < -0.4 is 0 Å². The summed E-state index contributed by atoms with van der Waals surface area (Å²) in [6, 6.07) is 0. The third-order valence-electron chi connectivity index (χ3n) is 16.3. The molecule has 0 N–H and O–H groups in total. The summed E-state index contributed by atoms with van der Waals surface area (Å²) in [5.74, 6) is -0.921. The van der Waals surface area contributed by atoms with E-state index in [2.05, 4.69) is 81.5 Å². The molecule has 478 valence electrons. The van der Waals surface area contributed by atoms with E-state index in [-0.39, 0.29) is 37.5 Å². The molecule has 82 heavy (non-hydrogen) atoms. The van der Waals surface area contributed by atoms with Crippen LogP contribution in [-0.4, -0.2) is 37.2 Å². The molecule has 0 aliphatic rings. The van der Waals surface area contributed by atoms with Gasteiger partial charge in [0, 0.05) is 19.3 Å². The molecule has 1 atom stereocenters. The van der Waals surface area contributed by atoms with Crippen LogP contribution in [0.3, 0.4) is 0 Å². The molecule has 0 aromatic rings. The minimum atomic E-state index is -0.799. The minimum absolute atomic E-state index is 0.0904. The van der Waals surface area contributed by atoms with Crippen molar-refractivity contribution in [1.29, 1.82) is 0 Å². The molecule has 0 saturated carbocycles. The summed E-state index contributed by atoms with van der Waals surface area (Å²) >= 11 is 0. The number of ether oxygens (including phenoxy) is 3. The van der Waals surface area contributed by atoms with Crippen LogP contribution >= 0.6 is 0 Å². The lowest BCUT2D eigenvalue weighted by Gasteiger charge is -2.18. The van der Waals surface area contributed by atoms with Gasteiger partial charge in [-0.1, -0.05) is 345 Å². The van der Waals surface area contributed by atoms with Crippen LogP contribution in [0.15, 0.2) is 60.8 Å². The van der Waals surface area contributed by atoms with Gasteiger partial charge in [-0.25, -0.2) is 0 Å². The molecule has 1 unspecified atom stereocenters. The van der Waals surface area contributed by atoms with E-state index in [4.69, 9.17) is 14.2 Å². The Morgan fingerprint density at radius 1 is 0.256 bits per heavy atom. The number of hydrogen-bond acceptors (Lipinski definition) is 6. The first-order chi connectivity index (χ1) is 40.5. The van der Waals surface area contributed by atoms with Crippen molar-refractivity contribution in [2.75, 3.05) is 13.2 Å². The van der Waals surface area contributed by atoms with Gasteiger partial charge in [0.1, 0.15) is 13.2 Å². The Morgan fingerprint density at radius 2 is 0.476 bits per heavy atom. The number of carbonyl (C=O) groups is 3. The Hall–Kier alpha value is -2.89. The summed E-state index contributed by atoms with van der Waals surface area (Å²) in [5, 5.41) is 0. The molecule has 6 nitrogen and oxygen atoms in total. The highest BCUT2D eigenvalue weighted by Crippen LogP contribution is 2.19. The van der Waals surface area contributed by atoms with E-state index in [1.807, 2.05) is 0 Å². The van der Waals surface area contributed by atoms with Crippen molar-refractivity contribution in [2.24, 2.45) is 0 Å². The van der Waals surface area contributed by atoms with Crippen molar-refractivity contribution >= 4 is 17.9 Å². The van der Waals surface area contributed by atoms with Crippen LogP contribution in [0.1, 0.15) is 387 Å². The zero-order valence-electron chi connectivity index (χ0n) is 55.0. The van der Waals surface area contributed by atoms with Crippen molar-refractivity contribution < 1.29 is 28.6 Å². The van der Waals surface area contributed by atoms with Gasteiger partial charge in [-0.3, -0.25) is 14.4 Å². The van der Waals surface area contributed by atoms with Gasteiger partial charge in [-0.15, -0.1) is 0 Å². The monoisotopic (exact) mass is 1150 g/mol. The molecule has 0 aromatic heterocycles. The Balaban J connectivity index is 4.12. The van der Waals surface area contributed by atoms with Crippen molar-refractivity contribution in [1.82, 2.24) is 0 Å². The standard InChI is InChI=1S/C76H138O6/c1-4-7-10-13-16-19-22-25-28-29-30-31-32-33-34-35-36-37-38-39-40-41-42-43-44-45-46-49-51-54-57-60-63-66-69-75(78)81-72-73(82-76(79)70-67-64-61-58-55-52-48-27-24-21-18-15-12-9-6-3)71-80-74(77)68-65-62-59-56-53-50-47-26-23-20-17-14-11-8-5-2/h9,12,18,21,26-27,47-48,55,58,73H,4-8,10-11,13-17,19-20,22-25,28-46,49-54,56-57,59-72H2,1-3H3/b12-9-,21-18-,47-26-,48-27-,58-55-. The van der Waals surface area contributed by atoms with Crippen LogP contribution in [0.5, 0.6) is 0 Å². The molecule has 0 aliphatic heterocycles. The van der Waals surface area contributed by atoms with E-state index >= 15 is 0 Å². The quantitative estimate of drug-likeness (QED) is 0.0261. The number of carbonyl (C=O) groups excluding carboxylic acids is 3. The second-order valence-electron chi connectivity index (χ2n) is 24.5. The van der Waals surface area contributed by atoms with E-state index in [0.29, 0.717) is 19.3 Å². The molecule has 0 aromatic carbocycles. The summed E-state index contributed by atoms with van der Waals surface area (Å²) in [7, 11) is 0. The lowest BCUT2D eigenvalue weighted by molar-refractivity contribution is -0.167. The van der Waals surface area contributed by atoms with E-state index in [9.17, 15) is 14.4 Å². The summed E-state index contributed by atoms with van der Waals surface area (Å²) in [5.41, 5.74) is 0. The van der Waals surface area contributed by atoms with Gasteiger partial charge in [-0.2, -0.15) is 0 Å². The second-order valence-corrected chi connectivity index (χ2v) is 24.5. The van der Waals surface area contributed by atoms with Crippen LogP contribution in [0.25, 0.3) is 0 Å². The minimum Gasteiger partial charge on any atom is -0.462 e. The molecule has 0 radical (unpaired) electrons. The molecule has 0 rings (SSSR count). The fourth-order valence-electron chi connectivity index (χ4n) is 10.8. The smallest absolute Gasteiger partial charge is 0.306 e. The maximum absolute atomic E-state index is 12.9. The van der Waals surface area contributed by atoms with Crippen molar-refractivity contribution in [2.45, 2.75) is 393 Å². The molecule has 0 bridgehead atoms. The van der Waals surface area contributed by atoms with Gasteiger partial charge in [0.25, 0.3) is 0 Å². The third-order valence-corrected chi connectivity index (χ3v) is 16.3. The SMILES string of the molecule is CC/C=C\C/C=C\C/C=C\C/C=C\CCCCC(=O)OC(COC(=O)CCCCCCC/C=C\CCCCCCCC)COC(=O)CCCCCCCCCCCCCCCCCCCCCCCCCCCCCCCCCCCC. The zero-order chi connectivity index (χ0) is 59.2. The van der Waals surface area contributed by atoms with E-state index < -0.39 is 6.10 Å². The Kier molecular flexibility index (Phi) is 68.1. The highest BCUT2D eigenvalue weighted by Gasteiger charge is 2.19. The predicted octanol–water partition coefficient (Wildman–Crippen LogP) is 25.1. The van der Waals surface area contributed by atoms with Gasteiger partial charge >= 0.3 is 17.9 Å². The van der Waals surface area contributed by atoms with Gasteiger partial charge in [0.2, 0.25) is 0 Å². The largest absolute Gasteiger partial charge is 0.462 e. The van der Waals surface area contributed by atoms with Gasteiger partial charge in [0.15, 0.2) is 6.10 Å². The Bertz CT molecular complexity index is 1460. The number of unbranched alkanes of at least 4 members (excludes halogenated alkanes) is 46. The van der Waals surface area contributed by atoms with Gasteiger partial charge in [-0.05, 0) is 83.5 Å². The maximum atomic E-state index is 12.9. The molecule has 0 aliphatic carbocycles. The summed E-state index contributed by atoms with van der Waals surface area (Å²) < 4.78 is 16.9. The Labute approximate surface area is 510 Å². The topological polar surface area (TPSA) is 78.9 Å². The van der Waals surface area contributed by atoms with Crippen molar-refractivity contribution in [3.63, 3.8) is 0 Å². The Morgan fingerprint density at radius 3 is 0.780 bits per heavy atom. The first-order valence-electron chi connectivity index (χ1n) is 36.3. The summed E-state index contributed by atoms with van der Waals surface area (Å²) in [6.07, 6.45) is 91.5. The molecule has 0 spiro atoms. The number of rotatable bonds is 67. The fourth-order valence-corrected chi connectivity index (χ4v) is 10.8. The molecular formula is C76H138O6. The zero-order valence-corrected chi connectivity index (χ0v) is 55.0. The normalized spacial score (nSPS) is 12.4. The number of allylic oxidation sites excluding steroid dienone is 10. The average molecular weight is 1150 g/mol. The van der Waals surface area contributed by atoms with Crippen LogP contribution in [-0.2, 0) is 28.6 Å². The highest BCUT2D eigenvalue weighted by atomic mass is 16.6. The van der Waals surface area contributed by atoms with Crippen LogP contribution in [0.4, 0.5) is 0 Å². The average Bonchev–Trinajstić information content (AvgIpc) is 3.47. The predicted molar refractivity (Wildman–Crippen MR) is 358 cm³/mol. The second kappa shape index (κ2) is 70.6. The van der Waals surface area contributed by atoms with E-state index in [1.165, 1.54) is 257 Å². The highest BCUT2D eigenvalue weighted by molar-refractivity contribution is 5.71. The first-order valence-corrected chi connectivity index (χ1v) is 36.3. The molecule has 0 heterocycles. The number of esters is 3. The molecule has 0 saturated heterocycles. The van der Waals surface area contributed by atoms with Crippen molar-refractivity contribution in [3.8, 4) is 0 Å². The number of hydrogen-bond donors (Lipinski definition) is 0. The maximum Gasteiger partial charge on any atom is 0.306 e. The lowest BCUT2D eigenvalue weighted by Crippen LogP contribution is -2.30. The van der Waals surface area contributed by atoms with E-state index in [1.54, 1.807) is 0 Å².